The predicted molar refractivity (Wildman–Crippen MR) is 112 cm³/mol. The number of ether oxygens (including phenoxy) is 2. The molecule has 0 aliphatic rings. The van der Waals surface area contributed by atoms with Crippen LogP contribution in [0, 0.1) is 6.92 Å². The third-order valence-corrected chi connectivity index (χ3v) is 4.76. The minimum atomic E-state index is -0.217. The van der Waals surface area contributed by atoms with E-state index in [2.05, 4.69) is 16.7 Å². The van der Waals surface area contributed by atoms with Gasteiger partial charge in [0.1, 0.15) is 11.5 Å². The molecule has 0 aliphatic carbocycles. The molecular formula is C23H26N2O3. The number of hydrogen-bond donors (Lipinski definition) is 2. The zero-order chi connectivity index (χ0) is 20.1. The molecule has 5 nitrogen and oxygen atoms in total. The summed E-state index contributed by atoms with van der Waals surface area (Å²) in [7, 11) is 3.29. The number of fused-ring (bicyclic) bond motifs is 1. The third kappa shape index (κ3) is 4.55. The van der Waals surface area contributed by atoms with Crippen LogP contribution in [0.15, 0.2) is 54.6 Å². The number of hydrogen-bond acceptors (Lipinski definition) is 3. The Kier molecular flexibility index (Phi) is 6.04. The van der Waals surface area contributed by atoms with E-state index in [9.17, 15) is 4.79 Å². The van der Waals surface area contributed by atoms with Crippen molar-refractivity contribution in [3.8, 4) is 11.5 Å². The highest BCUT2D eigenvalue weighted by Crippen LogP contribution is 2.26. The number of methoxy groups -OCH3 is 2. The van der Waals surface area contributed by atoms with Crippen LogP contribution >= 0.6 is 0 Å². The van der Waals surface area contributed by atoms with Gasteiger partial charge in [-0.05, 0) is 54.4 Å². The second kappa shape index (κ2) is 8.65. The van der Waals surface area contributed by atoms with Gasteiger partial charge in [-0.15, -0.1) is 0 Å². The number of rotatable bonds is 6. The Balaban J connectivity index is 1.62. The molecule has 3 rings (SSSR count). The molecule has 0 saturated heterocycles. The number of amides is 2. The molecule has 3 aromatic carbocycles. The zero-order valence-electron chi connectivity index (χ0n) is 16.7. The summed E-state index contributed by atoms with van der Waals surface area (Å²) in [5.41, 5.74) is 3.11. The Morgan fingerprint density at radius 2 is 1.71 bits per heavy atom. The van der Waals surface area contributed by atoms with Gasteiger partial charge in [0.15, 0.2) is 0 Å². The van der Waals surface area contributed by atoms with Gasteiger partial charge in [0.2, 0.25) is 0 Å². The highest BCUT2D eigenvalue weighted by atomic mass is 16.5. The number of benzene rings is 3. The second-order valence-corrected chi connectivity index (χ2v) is 6.84. The average molecular weight is 378 g/mol. The Labute approximate surface area is 165 Å². The van der Waals surface area contributed by atoms with Crippen molar-refractivity contribution in [1.29, 1.82) is 0 Å². The summed E-state index contributed by atoms with van der Waals surface area (Å²) in [5.74, 6) is 1.60. The average Bonchev–Trinajstić information content (AvgIpc) is 2.71. The fraction of sp³-hybridized carbons (Fsp3) is 0.261. The number of nitrogens with one attached hydrogen (secondary N) is 2. The standard InChI is InChI=1S/C23H26N2O3/c1-15-5-10-22(28-4)21(11-15)16(2)25-23(26)24-14-17-6-7-19-13-20(27-3)9-8-18(19)12-17/h5-13,16H,14H2,1-4H3,(H2,24,25,26). The topological polar surface area (TPSA) is 59.6 Å². The SMILES string of the molecule is COc1ccc2cc(CNC(=O)NC(C)c3cc(C)ccc3OC)ccc2c1. The van der Waals surface area contributed by atoms with Crippen LogP contribution in [0.1, 0.15) is 29.7 Å². The fourth-order valence-electron chi connectivity index (χ4n) is 3.21. The van der Waals surface area contributed by atoms with E-state index < -0.39 is 0 Å². The predicted octanol–water partition coefficient (Wildman–Crippen LogP) is 4.73. The first kappa shape index (κ1) is 19.5. The van der Waals surface area contributed by atoms with Crippen molar-refractivity contribution in [2.75, 3.05) is 14.2 Å². The highest BCUT2D eigenvalue weighted by Gasteiger charge is 2.14. The van der Waals surface area contributed by atoms with Crippen molar-refractivity contribution in [2.45, 2.75) is 26.4 Å². The van der Waals surface area contributed by atoms with E-state index >= 15 is 0 Å². The molecule has 1 atom stereocenters. The van der Waals surface area contributed by atoms with Gasteiger partial charge in [0.05, 0.1) is 20.3 Å². The number of aryl methyl sites for hydroxylation is 1. The molecule has 0 heterocycles. The summed E-state index contributed by atoms with van der Waals surface area (Å²) < 4.78 is 10.7. The molecule has 0 aliphatic heterocycles. The van der Waals surface area contributed by atoms with Gasteiger partial charge in [-0.25, -0.2) is 4.79 Å². The van der Waals surface area contributed by atoms with Gasteiger partial charge in [-0.2, -0.15) is 0 Å². The summed E-state index contributed by atoms with van der Waals surface area (Å²) >= 11 is 0. The van der Waals surface area contributed by atoms with Crippen LogP contribution in [0.4, 0.5) is 4.79 Å². The summed E-state index contributed by atoms with van der Waals surface area (Å²) in [6.07, 6.45) is 0. The first-order chi connectivity index (χ1) is 13.5. The maximum absolute atomic E-state index is 12.4. The van der Waals surface area contributed by atoms with E-state index in [0.717, 1.165) is 39.0 Å². The van der Waals surface area contributed by atoms with Crippen LogP contribution in [0.5, 0.6) is 11.5 Å². The number of carbonyl (C=O) groups is 1. The maximum Gasteiger partial charge on any atom is 0.315 e. The lowest BCUT2D eigenvalue weighted by atomic mass is 10.0. The molecule has 146 valence electrons. The Bertz CT molecular complexity index is 985. The monoisotopic (exact) mass is 378 g/mol. The smallest absolute Gasteiger partial charge is 0.315 e. The molecule has 5 heteroatoms. The summed E-state index contributed by atoms with van der Waals surface area (Å²) in [6, 6.07) is 17.6. The van der Waals surface area contributed by atoms with E-state index in [1.54, 1.807) is 14.2 Å². The largest absolute Gasteiger partial charge is 0.497 e. The molecular weight excluding hydrogens is 352 g/mol. The molecule has 28 heavy (non-hydrogen) atoms. The molecule has 1 unspecified atom stereocenters. The van der Waals surface area contributed by atoms with Crippen LogP contribution in [0.3, 0.4) is 0 Å². The van der Waals surface area contributed by atoms with E-state index in [1.165, 1.54) is 0 Å². The zero-order valence-corrected chi connectivity index (χ0v) is 16.7. The van der Waals surface area contributed by atoms with E-state index in [4.69, 9.17) is 9.47 Å². The molecule has 0 bridgehead atoms. The van der Waals surface area contributed by atoms with Gasteiger partial charge in [0, 0.05) is 12.1 Å². The summed E-state index contributed by atoms with van der Waals surface area (Å²) in [5, 5.41) is 8.11. The van der Waals surface area contributed by atoms with Crippen molar-refractivity contribution in [3.63, 3.8) is 0 Å². The first-order valence-corrected chi connectivity index (χ1v) is 9.25. The highest BCUT2D eigenvalue weighted by molar-refractivity contribution is 5.84. The van der Waals surface area contributed by atoms with Gasteiger partial charge in [-0.1, -0.05) is 35.9 Å². The lowest BCUT2D eigenvalue weighted by Crippen LogP contribution is -2.36. The van der Waals surface area contributed by atoms with Crippen molar-refractivity contribution in [1.82, 2.24) is 10.6 Å². The van der Waals surface area contributed by atoms with Crippen LogP contribution in [-0.2, 0) is 6.54 Å². The number of carbonyl (C=O) groups excluding carboxylic acids is 1. The normalized spacial score (nSPS) is 11.7. The molecule has 0 saturated carbocycles. The van der Waals surface area contributed by atoms with Gasteiger partial charge >= 0.3 is 6.03 Å². The van der Waals surface area contributed by atoms with Crippen LogP contribution in [0.2, 0.25) is 0 Å². The lowest BCUT2D eigenvalue weighted by Gasteiger charge is -2.18. The Morgan fingerprint density at radius 1 is 0.964 bits per heavy atom. The minimum Gasteiger partial charge on any atom is -0.497 e. The van der Waals surface area contributed by atoms with Crippen LogP contribution < -0.4 is 20.1 Å². The molecule has 2 amide bonds. The molecule has 3 aromatic rings. The van der Waals surface area contributed by atoms with Gasteiger partial charge in [0.25, 0.3) is 0 Å². The van der Waals surface area contributed by atoms with Gasteiger partial charge < -0.3 is 20.1 Å². The lowest BCUT2D eigenvalue weighted by molar-refractivity contribution is 0.237. The summed E-state index contributed by atoms with van der Waals surface area (Å²) in [4.78, 5) is 12.4. The van der Waals surface area contributed by atoms with Crippen molar-refractivity contribution in [2.24, 2.45) is 0 Å². The molecule has 2 N–H and O–H groups in total. The van der Waals surface area contributed by atoms with Crippen molar-refractivity contribution in [3.05, 3.63) is 71.3 Å². The quantitative estimate of drug-likeness (QED) is 0.652. The molecule has 0 spiro atoms. The number of urea groups is 1. The maximum atomic E-state index is 12.4. The Hall–Kier alpha value is -3.21. The van der Waals surface area contributed by atoms with E-state index in [-0.39, 0.29) is 12.1 Å². The van der Waals surface area contributed by atoms with Crippen molar-refractivity contribution < 1.29 is 14.3 Å². The van der Waals surface area contributed by atoms with Crippen LogP contribution in [0.25, 0.3) is 10.8 Å². The minimum absolute atomic E-state index is 0.168. The summed E-state index contributed by atoms with van der Waals surface area (Å²) in [6.45, 7) is 4.41. The van der Waals surface area contributed by atoms with E-state index in [1.807, 2.05) is 62.4 Å². The third-order valence-electron chi connectivity index (χ3n) is 4.76. The molecule has 0 fully saturated rings. The van der Waals surface area contributed by atoms with Crippen LogP contribution in [-0.4, -0.2) is 20.3 Å². The first-order valence-electron chi connectivity index (χ1n) is 9.25. The van der Waals surface area contributed by atoms with Crippen molar-refractivity contribution >= 4 is 16.8 Å². The Morgan fingerprint density at radius 3 is 2.46 bits per heavy atom. The van der Waals surface area contributed by atoms with E-state index in [0.29, 0.717) is 6.54 Å². The fourth-order valence-corrected chi connectivity index (χ4v) is 3.21. The second-order valence-electron chi connectivity index (χ2n) is 6.84. The molecule has 0 radical (unpaired) electrons. The molecule has 0 aromatic heterocycles. The van der Waals surface area contributed by atoms with Gasteiger partial charge in [-0.3, -0.25) is 0 Å².